The van der Waals surface area contributed by atoms with Crippen LogP contribution < -0.4 is 0 Å². The summed E-state index contributed by atoms with van der Waals surface area (Å²) in [7, 11) is 0. The van der Waals surface area contributed by atoms with Gasteiger partial charge in [-0.25, -0.2) is 0 Å². The fourth-order valence-corrected chi connectivity index (χ4v) is 2.26. The molecule has 1 rings (SSSR count). The van der Waals surface area contributed by atoms with Crippen LogP contribution in [-0.4, -0.2) is 23.9 Å². The first kappa shape index (κ1) is 14.0. The lowest BCUT2D eigenvalue weighted by Gasteiger charge is -2.22. The third-order valence-electron chi connectivity index (χ3n) is 2.83. The van der Waals surface area contributed by atoms with E-state index in [9.17, 15) is 4.79 Å². The van der Waals surface area contributed by atoms with Crippen LogP contribution in [-0.2, 0) is 4.79 Å². The van der Waals surface area contributed by atoms with Gasteiger partial charge in [-0.05, 0) is 33.3 Å². The molecule has 0 aliphatic carbocycles. The summed E-state index contributed by atoms with van der Waals surface area (Å²) < 4.78 is 0. The maximum Gasteiger partial charge on any atom is 0.245 e. The van der Waals surface area contributed by atoms with Crippen LogP contribution >= 0.6 is 11.6 Å². The number of alkyl halides is 1. The van der Waals surface area contributed by atoms with E-state index >= 15 is 0 Å². The van der Waals surface area contributed by atoms with E-state index in [1.807, 2.05) is 39.8 Å². The fourth-order valence-electron chi connectivity index (χ4n) is 1.99. The molecule has 1 atom stereocenters. The maximum atomic E-state index is 12.1. The first-order valence-electron chi connectivity index (χ1n) is 6.00. The van der Waals surface area contributed by atoms with Crippen molar-refractivity contribution in [3.05, 3.63) is 34.9 Å². The number of halogens is 1. The average molecular weight is 254 g/mol. The average Bonchev–Trinajstić information content (AvgIpc) is 2.28. The highest BCUT2D eigenvalue weighted by Crippen LogP contribution is 2.25. The first-order valence-corrected chi connectivity index (χ1v) is 6.44. The molecular weight excluding hydrogens is 234 g/mol. The molecule has 0 fully saturated rings. The van der Waals surface area contributed by atoms with Gasteiger partial charge in [0.2, 0.25) is 5.91 Å². The molecule has 2 nitrogen and oxygen atoms in total. The summed E-state index contributed by atoms with van der Waals surface area (Å²) in [6.45, 7) is 9.36. The normalized spacial score (nSPS) is 12.3. The van der Waals surface area contributed by atoms with E-state index in [4.69, 9.17) is 11.6 Å². The van der Waals surface area contributed by atoms with Crippen LogP contribution in [0.3, 0.4) is 0 Å². The number of carbonyl (C=O) groups excluding carboxylic acids is 1. The van der Waals surface area contributed by atoms with Gasteiger partial charge >= 0.3 is 0 Å². The monoisotopic (exact) mass is 253 g/mol. The molecule has 1 aromatic rings. The Labute approximate surface area is 109 Å². The van der Waals surface area contributed by atoms with Gasteiger partial charge in [-0.15, -0.1) is 11.6 Å². The number of likely N-dealkylation sites (N-methyl/N-ethyl adjacent to an activating group) is 1. The summed E-state index contributed by atoms with van der Waals surface area (Å²) in [5.74, 6) is -0.0123. The predicted molar refractivity (Wildman–Crippen MR) is 72.4 cm³/mol. The van der Waals surface area contributed by atoms with Crippen molar-refractivity contribution in [1.82, 2.24) is 4.90 Å². The molecule has 0 aromatic heterocycles. The zero-order chi connectivity index (χ0) is 13.0. The molecule has 94 valence electrons. The molecule has 0 aliphatic rings. The molecule has 17 heavy (non-hydrogen) atoms. The lowest BCUT2D eigenvalue weighted by atomic mass is 10.0. The van der Waals surface area contributed by atoms with Gasteiger partial charge in [-0.2, -0.15) is 0 Å². The largest absolute Gasteiger partial charge is 0.342 e. The second-order valence-electron chi connectivity index (χ2n) is 4.29. The number of rotatable bonds is 4. The van der Waals surface area contributed by atoms with Gasteiger partial charge in [0.1, 0.15) is 5.38 Å². The number of hydrogen-bond acceptors (Lipinski definition) is 1. The minimum Gasteiger partial charge on any atom is -0.342 e. The number of hydrogen-bond donors (Lipinski definition) is 0. The summed E-state index contributed by atoms with van der Waals surface area (Å²) in [6.07, 6.45) is 0. The molecule has 0 saturated carbocycles. The third-order valence-corrected chi connectivity index (χ3v) is 3.27. The van der Waals surface area contributed by atoms with Crippen LogP contribution in [0.4, 0.5) is 0 Å². The van der Waals surface area contributed by atoms with E-state index in [0.717, 1.165) is 16.7 Å². The Balaban J connectivity index is 2.95. The molecular formula is C14H20ClNO. The number of aryl methyl sites for hydroxylation is 2. The van der Waals surface area contributed by atoms with Crippen molar-refractivity contribution in [2.75, 3.05) is 13.1 Å². The number of amides is 1. The van der Waals surface area contributed by atoms with Crippen molar-refractivity contribution in [3.8, 4) is 0 Å². The van der Waals surface area contributed by atoms with Crippen LogP contribution in [0.1, 0.15) is 35.9 Å². The van der Waals surface area contributed by atoms with Crippen molar-refractivity contribution in [2.24, 2.45) is 0 Å². The minimum atomic E-state index is -0.575. The Hall–Kier alpha value is -1.02. The van der Waals surface area contributed by atoms with Crippen LogP contribution in [0, 0.1) is 13.8 Å². The molecule has 0 aliphatic heterocycles. The summed E-state index contributed by atoms with van der Waals surface area (Å²) in [5, 5.41) is -0.575. The van der Waals surface area contributed by atoms with Crippen LogP contribution in [0.5, 0.6) is 0 Å². The van der Waals surface area contributed by atoms with E-state index in [2.05, 4.69) is 6.07 Å². The van der Waals surface area contributed by atoms with E-state index in [1.54, 1.807) is 4.90 Å². The van der Waals surface area contributed by atoms with E-state index in [0.29, 0.717) is 13.1 Å². The number of nitrogens with zero attached hydrogens (tertiary/aromatic N) is 1. The zero-order valence-corrected chi connectivity index (χ0v) is 11.7. The Kier molecular flexibility index (Phi) is 5.01. The van der Waals surface area contributed by atoms with Gasteiger partial charge < -0.3 is 4.90 Å². The summed E-state index contributed by atoms with van der Waals surface area (Å²) in [5.41, 5.74) is 3.16. The number of carbonyl (C=O) groups is 1. The zero-order valence-electron chi connectivity index (χ0n) is 11.0. The lowest BCUT2D eigenvalue weighted by molar-refractivity contribution is -0.130. The van der Waals surface area contributed by atoms with Gasteiger partial charge in [0, 0.05) is 13.1 Å². The fraction of sp³-hybridized carbons (Fsp3) is 0.500. The molecule has 0 N–H and O–H groups in total. The van der Waals surface area contributed by atoms with E-state index in [1.165, 1.54) is 0 Å². The highest BCUT2D eigenvalue weighted by atomic mass is 35.5. The van der Waals surface area contributed by atoms with Gasteiger partial charge in [-0.3, -0.25) is 4.79 Å². The maximum absolute atomic E-state index is 12.1. The van der Waals surface area contributed by atoms with Crippen molar-refractivity contribution in [2.45, 2.75) is 33.1 Å². The van der Waals surface area contributed by atoms with Crippen molar-refractivity contribution >= 4 is 17.5 Å². The Bertz CT molecular complexity index is 379. The van der Waals surface area contributed by atoms with Gasteiger partial charge in [0.05, 0.1) is 0 Å². The van der Waals surface area contributed by atoms with Crippen molar-refractivity contribution < 1.29 is 4.79 Å². The van der Waals surface area contributed by atoms with Crippen LogP contribution in [0.2, 0.25) is 0 Å². The van der Waals surface area contributed by atoms with Gasteiger partial charge in [0.25, 0.3) is 0 Å². The van der Waals surface area contributed by atoms with E-state index in [-0.39, 0.29) is 5.91 Å². The molecule has 3 heteroatoms. The van der Waals surface area contributed by atoms with Crippen LogP contribution in [0.15, 0.2) is 18.2 Å². The van der Waals surface area contributed by atoms with Crippen LogP contribution in [0.25, 0.3) is 0 Å². The first-order chi connectivity index (χ1) is 7.99. The van der Waals surface area contributed by atoms with Gasteiger partial charge in [0.15, 0.2) is 0 Å². The molecule has 1 amide bonds. The molecule has 1 aromatic carbocycles. The van der Waals surface area contributed by atoms with Crippen molar-refractivity contribution in [3.63, 3.8) is 0 Å². The second kappa shape index (κ2) is 6.06. The smallest absolute Gasteiger partial charge is 0.245 e. The Morgan fingerprint density at radius 2 is 1.65 bits per heavy atom. The standard InChI is InChI=1S/C14H20ClNO/c1-5-16(6-2)14(17)13(15)12-8-10(3)7-11(4)9-12/h7-9,13H,5-6H2,1-4H3. The minimum absolute atomic E-state index is 0.0123. The summed E-state index contributed by atoms with van der Waals surface area (Å²) >= 11 is 6.26. The highest BCUT2D eigenvalue weighted by Gasteiger charge is 2.22. The number of benzene rings is 1. The van der Waals surface area contributed by atoms with E-state index < -0.39 is 5.38 Å². The quantitative estimate of drug-likeness (QED) is 0.753. The predicted octanol–water partition coefficient (Wildman–Crippen LogP) is 3.45. The summed E-state index contributed by atoms with van der Waals surface area (Å²) in [6, 6.07) is 6.03. The topological polar surface area (TPSA) is 20.3 Å². The second-order valence-corrected chi connectivity index (χ2v) is 4.73. The Morgan fingerprint density at radius 1 is 1.18 bits per heavy atom. The lowest BCUT2D eigenvalue weighted by Crippen LogP contribution is -2.33. The summed E-state index contributed by atoms with van der Waals surface area (Å²) in [4.78, 5) is 13.9. The molecule has 0 bridgehead atoms. The van der Waals surface area contributed by atoms with Gasteiger partial charge in [-0.1, -0.05) is 29.3 Å². The molecule has 0 spiro atoms. The molecule has 1 unspecified atom stereocenters. The SMILES string of the molecule is CCN(CC)C(=O)C(Cl)c1cc(C)cc(C)c1. The molecule has 0 radical (unpaired) electrons. The van der Waals surface area contributed by atoms with Crippen molar-refractivity contribution in [1.29, 1.82) is 0 Å². The Morgan fingerprint density at radius 3 is 2.06 bits per heavy atom. The third kappa shape index (κ3) is 3.47. The highest BCUT2D eigenvalue weighted by molar-refractivity contribution is 6.30. The molecule has 0 heterocycles. The molecule has 0 saturated heterocycles.